The quantitative estimate of drug-likeness (QED) is 0.699. The van der Waals surface area contributed by atoms with Crippen molar-refractivity contribution in [2.45, 2.75) is 33.7 Å². The predicted octanol–water partition coefficient (Wildman–Crippen LogP) is 4.10. The van der Waals surface area contributed by atoms with Gasteiger partial charge in [-0.3, -0.25) is 4.90 Å². The molecule has 1 aromatic rings. The van der Waals surface area contributed by atoms with Crippen molar-refractivity contribution in [2.75, 3.05) is 20.2 Å². The Bertz CT molecular complexity index is 448. The maximum atomic E-state index is 11.5. The first-order valence-electron chi connectivity index (χ1n) is 7.10. The van der Waals surface area contributed by atoms with Crippen molar-refractivity contribution < 1.29 is 9.53 Å². The third-order valence-corrected chi connectivity index (χ3v) is 4.32. The molecule has 0 saturated carbocycles. The van der Waals surface area contributed by atoms with Gasteiger partial charge in [0.2, 0.25) is 0 Å². The van der Waals surface area contributed by atoms with Crippen molar-refractivity contribution in [1.29, 1.82) is 0 Å². The van der Waals surface area contributed by atoms with E-state index in [4.69, 9.17) is 4.74 Å². The van der Waals surface area contributed by atoms with Gasteiger partial charge in [0, 0.05) is 17.6 Å². The van der Waals surface area contributed by atoms with E-state index in [-0.39, 0.29) is 5.97 Å². The number of carbonyl (C=O) groups is 1. The molecule has 0 saturated heterocycles. The van der Waals surface area contributed by atoms with E-state index in [1.54, 1.807) is 0 Å². The summed E-state index contributed by atoms with van der Waals surface area (Å²) in [4.78, 5) is 13.9. The summed E-state index contributed by atoms with van der Waals surface area (Å²) in [7, 11) is 1.40. The number of methoxy groups -OCH3 is 1. The number of rotatable bonds is 7. The third-order valence-electron chi connectivity index (χ3n) is 3.58. The first-order chi connectivity index (χ1) is 9.51. The normalized spacial score (nSPS) is 12.5. The second-order valence-electron chi connectivity index (χ2n) is 5.14. The zero-order valence-corrected chi connectivity index (χ0v) is 14.4. The Morgan fingerprint density at radius 1 is 1.40 bits per heavy atom. The predicted molar refractivity (Wildman–Crippen MR) is 85.9 cm³/mol. The molecule has 3 nitrogen and oxygen atoms in total. The number of ether oxygens (including phenoxy) is 1. The molecule has 1 atom stereocenters. The Balaban J connectivity index is 2.78. The molecule has 4 heteroatoms. The highest BCUT2D eigenvalue weighted by atomic mass is 79.9. The number of halogens is 1. The number of hydrogen-bond donors (Lipinski definition) is 0. The van der Waals surface area contributed by atoms with Crippen LogP contribution in [0, 0.1) is 5.92 Å². The van der Waals surface area contributed by atoms with Crippen LogP contribution in [0.5, 0.6) is 0 Å². The van der Waals surface area contributed by atoms with Crippen molar-refractivity contribution in [3.05, 3.63) is 33.8 Å². The van der Waals surface area contributed by atoms with Crippen LogP contribution < -0.4 is 0 Å². The molecule has 1 unspecified atom stereocenters. The fraction of sp³-hybridized carbons (Fsp3) is 0.562. The maximum absolute atomic E-state index is 11.5. The molecule has 0 bridgehead atoms. The molecular weight excluding hydrogens is 318 g/mol. The molecule has 112 valence electrons. The molecule has 0 N–H and O–H groups in total. The van der Waals surface area contributed by atoms with Crippen molar-refractivity contribution in [1.82, 2.24) is 4.90 Å². The highest BCUT2D eigenvalue weighted by molar-refractivity contribution is 9.10. The van der Waals surface area contributed by atoms with Gasteiger partial charge >= 0.3 is 5.97 Å². The van der Waals surface area contributed by atoms with Gasteiger partial charge < -0.3 is 4.74 Å². The van der Waals surface area contributed by atoms with Crippen LogP contribution >= 0.6 is 15.9 Å². The minimum Gasteiger partial charge on any atom is -0.465 e. The summed E-state index contributed by atoms with van der Waals surface area (Å²) in [5.41, 5.74) is 1.77. The summed E-state index contributed by atoms with van der Waals surface area (Å²) in [6, 6.07) is 5.65. The average Bonchev–Trinajstić information content (AvgIpc) is 2.47. The van der Waals surface area contributed by atoms with Gasteiger partial charge in [-0.1, -0.05) is 49.2 Å². The van der Waals surface area contributed by atoms with Gasteiger partial charge in [0.25, 0.3) is 0 Å². The molecule has 0 aliphatic heterocycles. The monoisotopic (exact) mass is 341 g/mol. The fourth-order valence-electron chi connectivity index (χ4n) is 2.04. The Morgan fingerprint density at radius 2 is 2.10 bits per heavy atom. The van der Waals surface area contributed by atoms with Crippen molar-refractivity contribution >= 4 is 21.9 Å². The highest BCUT2D eigenvalue weighted by Crippen LogP contribution is 2.21. The van der Waals surface area contributed by atoms with E-state index in [0.29, 0.717) is 11.5 Å². The van der Waals surface area contributed by atoms with E-state index < -0.39 is 0 Å². The SMILES string of the molecule is CCC(C)CN(CC)Cc1ccc(C(=O)OC)cc1Br. The number of nitrogens with zero attached hydrogens (tertiary/aromatic N) is 1. The summed E-state index contributed by atoms with van der Waals surface area (Å²) in [6.07, 6.45) is 1.19. The molecule has 0 fully saturated rings. The fourth-order valence-corrected chi connectivity index (χ4v) is 2.54. The summed E-state index contributed by atoms with van der Waals surface area (Å²) < 4.78 is 5.69. The second kappa shape index (κ2) is 8.42. The van der Waals surface area contributed by atoms with E-state index in [2.05, 4.69) is 41.6 Å². The van der Waals surface area contributed by atoms with Gasteiger partial charge in [-0.2, -0.15) is 0 Å². The Kier molecular flexibility index (Phi) is 7.24. The minimum absolute atomic E-state index is 0.302. The molecule has 0 heterocycles. The van der Waals surface area contributed by atoms with Crippen molar-refractivity contribution in [2.24, 2.45) is 5.92 Å². The van der Waals surface area contributed by atoms with Crippen LogP contribution in [0.3, 0.4) is 0 Å². The van der Waals surface area contributed by atoms with E-state index in [1.165, 1.54) is 19.1 Å². The van der Waals surface area contributed by atoms with E-state index >= 15 is 0 Å². The molecule has 20 heavy (non-hydrogen) atoms. The summed E-state index contributed by atoms with van der Waals surface area (Å²) >= 11 is 3.55. The smallest absolute Gasteiger partial charge is 0.337 e. The zero-order chi connectivity index (χ0) is 15.1. The lowest BCUT2D eigenvalue weighted by molar-refractivity contribution is 0.0600. The van der Waals surface area contributed by atoms with Crippen molar-refractivity contribution in [3.8, 4) is 0 Å². The van der Waals surface area contributed by atoms with E-state index in [1.807, 2.05) is 18.2 Å². The molecule has 0 aliphatic rings. The number of carbonyl (C=O) groups excluding carboxylic acids is 1. The molecule has 1 rings (SSSR count). The summed E-state index contributed by atoms with van der Waals surface area (Å²) in [5, 5.41) is 0. The lowest BCUT2D eigenvalue weighted by Gasteiger charge is -2.24. The van der Waals surface area contributed by atoms with Crippen LogP contribution in [0.15, 0.2) is 22.7 Å². The number of esters is 1. The van der Waals surface area contributed by atoms with Gasteiger partial charge in [-0.15, -0.1) is 0 Å². The van der Waals surface area contributed by atoms with Gasteiger partial charge in [0.05, 0.1) is 12.7 Å². The molecule has 0 aromatic heterocycles. The van der Waals surface area contributed by atoms with Gasteiger partial charge in [-0.25, -0.2) is 4.79 Å². The average molecular weight is 342 g/mol. The lowest BCUT2D eigenvalue weighted by atomic mass is 10.1. The highest BCUT2D eigenvalue weighted by Gasteiger charge is 2.12. The topological polar surface area (TPSA) is 29.5 Å². The Labute approximate surface area is 130 Å². The largest absolute Gasteiger partial charge is 0.465 e. The van der Waals surface area contributed by atoms with Gasteiger partial charge in [0.1, 0.15) is 0 Å². The lowest BCUT2D eigenvalue weighted by Crippen LogP contribution is -2.28. The van der Waals surface area contributed by atoms with Crippen LogP contribution in [0.25, 0.3) is 0 Å². The Hall–Kier alpha value is -0.870. The molecule has 0 spiro atoms. The first-order valence-corrected chi connectivity index (χ1v) is 7.90. The molecule has 1 aromatic carbocycles. The zero-order valence-electron chi connectivity index (χ0n) is 12.8. The van der Waals surface area contributed by atoms with Gasteiger partial charge in [0.15, 0.2) is 0 Å². The van der Waals surface area contributed by atoms with Crippen LogP contribution in [-0.4, -0.2) is 31.1 Å². The number of hydrogen-bond acceptors (Lipinski definition) is 3. The van der Waals surface area contributed by atoms with Crippen LogP contribution in [0.1, 0.15) is 43.1 Å². The Morgan fingerprint density at radius 3 is 2.60 bits per heavy atom. The molecule has 0 aliphatic carbocycles. The summed E-state index contributed by atoms with van der Waals surface area (Å²) in [5.74, 6) is 0.396. The van der Waals surface area contributed by atoms with E-state index in [9.17, 15) is 4.79 Å². The maximum Gasteiger partial charge on any atom is 0.337 e. The minimum atomic E-state index is -0.302. The molecule has 0 amide bonds. The number of benzene rings is 1. The molecule has 0 radical (unpaired) electrons. The third kappa shape index (κ3) is 4.91. The first kappa shape index (κ1) is 17.2. The van der Waals surface area contributed by atoms with Crippen molar-refractivity contribution in [3.63, 3.8) is 0 Å². The second-order valence-corrected chi connectivity index (χ2v) is 5.99. The summed E-state index contributed by atoms with van der Waals surface area (Å²) in [6.45, 7) is 9.69. The molecular formula is C16H24BrNO2. The van der Waals surface area contributed by atoms with E-state index in [0.717, 1.165) is 24.1 Å². The standard InChI is InChI=1S/C16H24BrNO2/c1-5-12(3)10-18(6-2)11-14-8-7-13(9-15(14)17)16(19)20-4/h7-9,12H,5-6,10-11H2,1-4H3. The van der Waals surface area contributed by atoms with Crippen LogP contribution in [-0.2, 0) is 11.3 Å². The van der Waals surface area contributed by atoms with Crippen LogP contribution in [0.2, 0.25) is 0 Å². The van der Waals surface area contributed by atoms with Gasteiger partial charge in [-0.05, 0) is 30.2 Å². The van der Waals surface area contributed by atoms with Crippen LogP contribution in [0.4, 0.5) is 0 Å².